The first kappa shape index (κ1) is 29.0. The Hall–Kier alpha value is -4.40. The van der Waals surface area contributed by atoms with Crippen molar-refractivity contribution in [2.45, 2.75) is 37.6 Å². The second-order valence-electron chi connectivity index (χ2n) is 11.9. The molecule has 46 heavy (non-hydrogen) atoms. The molecule has 234 valence electrons. The standard InChI is InChI=1S/C37H34N2O6S/c1-40-30-11-10-27-28(34(30)41-2)18-43-35(27)33-32-23(16-31-36(37(32)42-3)45-20-44-31)12-13-39(33)29(17-38-19-46)22-8-9-26-24(15-22)14-21-6-4-5-7-25(21)26/h4-11,15-16,29,33,35H,12-14,17-18,20H2,1-3H3/t29?,33-,35+/m1/s1. The van der Waals surface area contributed by atoms with Crippen molar-refractivity contribution in [2.24, 2.45) is 4.99 Å². The number of benzene rings is 4. The van der Waals surface area contributed by atoms with Crippen molar-refractivity contribution in [1.29, 1.82) is 0 Å². The molecular weight excluding hydrogens is 600 g/mol. The number of hydrogen-bond donors (Lipinski definition) is 0. The molecule has 0 saturated carbocycles. The third-order valence-corrected chi connectivity index (χ3v) is 9.99. The quantitative estimate of drug-likeness (QED) is 0.133. The summed E-state index contributed by atoms with van der Waals surface area (Å²) in [5, 5.41) is 2.64. The van der Waals surface area contributed by atoms with Crippen molar-refractivity contribution in [3.8, 4) is 39.9 Å². The lowest BCUT2D eigenvalue weighted by Crippen LogP contribution is -2.42. The fourth-order valence-corrected chi connectivity index (χ4v) is 7.96. The Labute approximate surface area is 273 Å². The first-order chi connectivity index (χ1) is 22.6. The van der Waals surface area contributed by atoms with Gasteiger partial charge in [-0.05, 0) is 76.1 Å². The summed E-state index contributed by atoms with van der Waals surface area (Å²) in [6.45, 7) is 1.77. The molecule has 1 aliphatic carbocycles. The van der Waals surface area contributed by atoms with Crippen LogP contribution in [0, 0.1) is 0 Å². The minimum atomic E-state index is -0.333. The van der Waals surface area contributed by atoms with E-state index in [1.165, 1.54) is 27.8 Å². The van der Waals surface area contributed by atoms with Gasteiger partial charge in [0.2, 0.25) is 12.5 Å². The average Bonchev–Trinajstić information content (AvgIpc) is 3.83. The minimum Gasteiger partial charge on any atom is -0.493 e. The van der Waals surface area contributed by atoms with E-state index in [1.54, 1.807) is 21.3 Å². The Bertz CT molecular complexity index is 1900. The number of fused-ring (bicyclic) bond motifs is 6. The highest BCUT2D eigenvalue weighted by Crippen LogP contribution is 2.57. The van der Waals surface area contributed by atoms with E-state index in [1.807, 2.05) is 6.07 Å². The van der Waals surface area contributed by atoms with Gasteiger partial charge in [0.05, 0.1) is 51.7 Å². The minimum absolute atomic E-state index is 0.106. The van der Waals surface area contributed by atoms with Gasteiger partial charge in [0.25, 0.3) is 0 Å². The number of methoxy groups -OCH3 is 3. The highest BCUT2D eigenvalue weighted by Gasteiger charge is 2.46. The van der Waals surface area contributed by atoms with Crippen LogP contribution in [0.15, 0.2) is 65.7 Å². The summed E-state index contributed by atoms with van der Waals surface area (Å²) in [5.41, 5.74) is 10.7. The molecule has 0 bridgehead atoms. The maximum atomic E-state index is 6.75. The van der Waals surface area contributed by atoms with Gasteiger partial charge in [-0.1, -0.05) is 48.5 Å². The van der Waals surface area contributed by atoms with Gasteiger partial charge in [-0.3, -0.25) is 4.90 Å². The molecule has 3 aliphatic heterocycles. The summed E-state index contributed by atoms with van der Waals surface area (Å²) in [4.78, 5) is 7.04. The van der Waals surface area contributed by atoms with Gasteiger partial charge in [0.15, 0.2) is 23.0 Å². The predicted octanol–water partition coefficient (Wildman–Crippen LogP) is 7.03. The van der Waals surface area contributed by atoms with Crippen LogP contribution in [0.3, 0.4) is 0 Å². The summed E-state index contributed by atoms with van der Waals surface area (Å²) in [6.07, 6.45) is 1.37. The summed E-state index contributed by atoms with van der Waals surface area (Å²) >= 11 is 5.11. The number of rotatable bonds is 8. The molecule has 0 amide bonds. The molecule has 8 rings (SSSR count). The number of hydrogen-bond acceptors (Lipinski definition) is 9. The zero-order valence-corrected chi connectivity index (χ0v) is 26.8. The summed E-state index contributed by atoms with van der Waals surface area (Å²) in [6, 6.07) is 21.3. The molecule has 0 N–H and O–H groups in total. The summed E-state index contributed by atoms with van der Waals surface area (Å²) in [5.74, 6) is 3.39. The van der Waals surface area contributed by atoms with Crippen LogP contribution >= 0.6 is 12.2 Å². The van der Waals surface area contributed by atoms with Crippen LogP contribution in [0.2, 0.25) is 0 Å². The molecule has 3 heterocycles. The number of nitrogens with zero attached hydrogens (tertiary/aromatic N) is 2. The molecular formula is C37H34N2O6S. The predicted molar refractivity (Wildman–Crippen MR) is 177 cm³/mol. The highest BCUT2D eigenvalue weighted by molar-refractivity contribution is 7.78. The van der Waals surface area contributed by atoms with Crippen LogP contribution in [-0.2, 0) is 24.2 Å². The van der Waals surface area contributed by atoms with Crippen molar-refractivity contribution >= 4 is 17.4 Å². The highest BCUT2D eigenvalue weighted by atomic mass is 32.1. The average molecular weight is 635 g/mol. The first-order valence-corrected chi connectivity index (χ1v) is 15.9. The molecule has 9 heteroatoms. The molecule has 0 aromatic heterocycles. The van der Waals surface area contributed by atoms with Crippen LogP contribution in [0.4, 0.5) is 0 Å². The van der Waals surface area contributed by atoms with Crippen LogP contribution < -0.4 is 23.7 Å². The molecule has 0 spiro atoms. The van der Waals surface area contributed by atoms with Crippen LogP contribution in [-0.4, -0.2) is 51.3 Å². The second-order valence-corrected chi connectivity index (χ2v) is 12.1. The van der Waals surface area contributed by atoms with E-state index >= 15 is 0 Å². The van der Waals surface area contributed by atoms with Gasteiger partial charge in [-0.2, -0.15) is 0 Å². The normalized spacial score (nSPS) is 19.4. The SMILES string of the molecule is COc1ccc2c(c1OC)CO[C@@H]2[C@H]1c2c(cc3c(c2OC)OCO3)CCN1C(CN=C=S)c1ccc2c(c1)Cc1ccccc1-2. The van der Waals surface area contributed by atoms with Crippen LogP contribution in [0.5, 0.6) is 28.7 Å². The van der Waals surface area contributed by atoms with Crippen LogP contribution in [0.1, 0.15) is 57.1 Å². The van der Waals surface area contributed by atoms with Gasteiger partial charge in [0.1, 0.15) is 6.10 Å². The molecule has 8 nitrogen and oxygen atoms in total. The van der Waals surface area contributed by atoms with E-state index in [9.17, 15) is 0 Å². The number of thiocarbonyl (C=S) groups is 1. The zero-order chi connectivity index (χ0) is 31.4. The van der Waals surface area contributed by atoms with E-state index < -0.39 is 0 Å². The number of ether oxygens (including phenoxy) is 6. The van der Waals surface area contributed by atoms with Crippen molar-refractivity contribution in [1.82, 2.24) is 4.90 Å². The van der Waals surface area contributed by atoms with Gasteiger partial charge in [0, 0.05) is 17.7 Å². The van der Waals surface area contributed by atoms with Gasteiger partial charge < -0.3 is 28.4 Å². The topological polar surface area (TPSA) is 71.0 Å². The summed E-state index contributed by atoms with van der Waals surface area (Å²) < 4.78 is 36.2. The number of aliphatic imine (C=N–C) groups is 1. The second kappa shape index (κ2) is 11.8. The first-order valence-electron chi connectivity index (χ1n) is 15.5. The molecule has 0 fully saturated rings. The Morgan fingerprint density at radius 2 is 1.78 bits per heavy atom. The van der Waals surface area contributed by atoms with Crippen molar-refractivity contribution < 1.29 is 28.4 Å². The Balaban J connectivity index is 1.29. The molecule has 0 radical (unpaired) electrons. The van der Waals surface area contributed by atoms with Gasteiger partial charge in [-0.25, -0.2) is 4.99 Å². The smallest absolute Gasteiger partial charge is 0.231 e. The van der Waals surface area contributed by atoms with E-state index in [2.05, 4.69) is 69.7 Å². The molecule has 4 aromatic rings. The Morgan fingerprint density at radius 3 is 2.61 bits per heavy atom. The monoisotopic (exact) mass is 634 g/mol. The molecule has 4 aromatic carbocycles. The van der Waals surface area contributed by atoms with E-state index in [-0.39, 0.29) is 25.0 Å². The third kappa shape index (κ3) is 4.49. The maximum Gasteiger partial charge on any atom is 0.231 e. The largest absolute Gasteiger partial charge is 0.493 e. The molecule has 0 saturated heterocycles. The van der Waals surface area contributed by atoms with E-state index in [0.717, 1.165) is 41.6 Å². The lowest BCUT2D eigenvalue weighted by atomic mass is 9.83. The van der Waals surface area contributed by atoms with Crippen molar-refractivity contribution in [3.63, 3.8) is 0 Å². The van der Waals surface area contributed by atoms with Crippen LogP contribution in [0.25, 0.3) is 11.1 Å². The fourth-order valence-electron chi connectivity index (χ4n) is 7.88. The summed E-state index contributed by atoms with van der Waals surface area (Å²) in [7, 11) is 5.01. The molecule has 3 atom stereocenters. The lowest BCUT2D eigenvalue weighted by molar-refractivity contribution is -0.0284. The van der Waals surface area contributed by atoms with Crippen molar-refractivity contribution in [3.05, 3.63) is 99.6 Å². The zero-order valence-electron chi connectivity index (χ0n) is 26.0. The van der Waals surface area contributed by atoms with E-state index in [4.69, 9.17) is 40.6 Å². The third-order valence-electron chi connectivity index (χ3n) is 9.86. The molecule has 1 unspecified atom stereocenters. The van der Waals surface area contributed by atoms with Gasteiger partial charge >= 0.3 is 0 Å². The molecule has 4 aliphatic rings. The fraction of sp³-hybridized carbons (Fsp3) is 0.324. The van der Waals surface area contributed by atoms with Crippen molar-refractivity contribution in [2.75, 3.05) is 41.2 Å². The van der Waals surface area contributed by atoms with Gasteiger partial charge in [-0.15, -0.1) is 0 Å². The lowest BCUT2D eigenvalue weighted by Gasteiger charge is -2.45. The maximum absolute atomic E-state index is 6.75. The Morgan fingerprint density at radius 1 is 0.935 bits per heavy atom. The number of isothiocyanates is 1. The van der Waals surface area contributed by atoms with E-state index in [0.29, 0.717) is 41.9 Å². The Kier molecular flexibility index (Phi) is 7.42.